The minimum absolute atomic E-state index is 0.110. The summed E-state index contributed by atoms with van der Waals surface area (Å²) in [7, 11) is 0. The largest absolute Gasteiger partial charge is 0.455 e. The van der Waals surface area contributed by atoms with Crippen LogP contribution in [0.3, 0.4) is 0 Å². The predicted octanol–water partition coefficient (Wildman–Crippen LogP) is 2.55. The van der Waals surface area contributed by atoms with Crippen molar-refractivity contribution < 1.29 is 28.2 Å². The third kappa shape index (κ3) is 1.99. The zero-order valence-corrected chi connectivity index (χ0v) is 9.46. The van der Waals surface area contributed by atoms with Gasteiger partial charge < -0.3 is 15.1 Å². The van der Waals surface area contributed by atoms with E-state index in [1.165, 1.54) is 18.2 Å². The van der Waals surface area contributed by atoms with Crippen molar-refractivity contribution in [2.45, 2.75) is 18.4 Å². The molecule has 0 spiro atoms. The first-order valence-corrected chi connectivity index (χ1v) is 5.13. The highest BCUT2D eigenvalue weighted by Gasteiger charge is 2.59. The van der Waals surface area contributed by atoms with Gasteiger partial charge in [-0.15, -0.1) is 0 Å². The minimum atomic E-state index is -5.01. The molecule has 8 heteroatoms. The lowest BCUT2D eigenvalue weighted by atomic mass is 9.97. The van der Waals surface area contributed by atoms with Gasteiger partial charge in [-0.3, -0.25) is 0 Å². The summed E-state index contributed by atoms with van der Waals surface area (Å²) in [5, 5.41) is 21.2. The number of oxime groups is 1. The van der Waals surface area contributed by atoms with Gasteiger partial charge in [-0.25, -0.2) is 0 Å². The molecule has 0 aromatic heterocycles. The van der Waals surface area contributed by atoms with E-state index in [1.54, 1.807) is 0 Å². The number of aliphatic hydroxyl groups is 1. The van der Waals surface area contributed by atoms with E-state index >= 15 is 0 Å². The number of benzene rings is 1. The Morgan fingerprint density at radius 3 is 2.61 bits per heavy atom. The monoisotopic (exact) mass is 281 g/mol. The van der Waals surface area contributed by atoms with Crippen LogP contribution in [0.15, 0.2) is 23.4 Å². The molecule has 1 heterocycles. The fourth-order valence-electron chi connectivity index (χ4n) is 1.60. The van der Waals surface area contributed by atoms with Gasteiger partial charge in [0.05, 0.1) is 12.1 Å². The Morgan fingerprint density at radius 1 is 1.39 bits per heavy atom. The first-order chi connectivity index (χ1) is 8.27. The molecule has 0 radical (unpaired) electrons. The lowest BCUT2D eigenvalue weighted by Crippen LogP contribution is -2.54. The fourth-order valence-corrected chi connectivity index (χ4v) is 1.78. The van der Waals surface area contributed by atoms with Crippen LogP contribution < -0.4 is 4.74 Å². The summed E-state index contributed by atoms with van der Waals surface area (Å²) in [5.74, 6) is -3.66. The van der Waals surface area contributed by atoms with E-state index < -0.39 is 18.4 Å². The molecule has 0 saturated carbocycles. The molecular weight excluding hydrogens is 275 g/mol. The second-order valence-corrected chi connectivity index (χ2v) is 4.18. The maximum atomic E-state index is 12.7. The first-order valence-electron chi connectivity index (χ1n) is 4.76. The van der Waals surface area contributed by atoms with E-state index in [9.17, 15) is 18.3 Å². The van der Waals surface area contributed by atoms with Crippen LogP contribution in [0.4, 0.5) is 13.2 Å². The van der Waals surface area contributed by atoms with Crippen molar-refractivity contribution in [3.8, 4) is 5.75 Å². The molecule has 0 aliphatic carbocycles. The van der Waals surface area contributed by atoms with E-state index in [0.29, 0.717) is 0 Å². The normalized spacial score (nSPS) is 25.7. The third-order valence-electron chi connectivity index (χ3n) is 2.50. The maximum absolute atomic E-state index is 12.7. The Kier molecular flexibility index (Phi) is 2.90. The minimum Gasteiger partial charge on any atom is -0.452 e. The molecule has 1 atom stereocenters. The molecule has 0 saturated heterocycles. The summed E-state index contributed by atoms with van der Waals surface area (Å²) >= 11 is 5.68. The van der Waals surface area contributed by atoms with Gasteiger partial charge in [0, 0.05) is 10.6 Å². The van der Waals surface area contributed by atoms with E-state index in [0.717, 1.165) is 0 Å². The van der Waals surface area contributed by atoms with Crippen LogP contribution in [0, 0.1) is 0 Å². The molecule has 98 valence electrons. The summed E-state index contributed by atoms with van der Waals surface area (Å²) in [5.41, 5.74) is -0.238. The van der Waals surface area contributed by atoms with Gasteiger partial charge in [0.25, 0.3) is 0 Å². The van der Waals surface area contributed by atoms with Crippen LogP contribution in [0.1, 0.15) is 12.0 Å². The van der Waals surface area contributed by atoms with Crippen LogP contribution in [0.5, 0.6) is 5.75 Å². The topological polar surface area (TPSA) is 62.1 Å². The lowest BCUT2D eigenvalue weighted by molar-refractivity contribution is -0.333. The van der Waals surface area contributed by atoms with Crippen LogP contribution in [-0.4, -0.2) is 28.0 Å². The number of rotatable bonds is 0. The smallest absolute Gasteiger partial charge is 0.452 e. The van der Waals surface area contributed by atoms with E-state index in [-0.39, 0.29) is 22.0 Å². The number of hydrogen-bond donors (Lipinski definition) is 2. The molecule has 1 aliphatic heterocycles. The molecule has 0 unspecified atom stereocenters. The number of nitrogens with zero attached hydrogens (tertiary/aromatic N) is 1. The van der Waals surface area contributed by atoms with Gasteiger partial charge in [0.15, 0.2) is 0 Å². The molecule has 2 rings (SSSR count). The summed E-state index contributed by atoms with van der Waals surface area (Å²) < 4.78 is 42.6. The van der Waals surface area contributed by atoms with Crippen molar-refractivity contribution in [1.82, 2.24) is 0 Å². The molecule has 2 N–H and O–H groups in total. The highest BCUT2D eigenvalue weighted by molar-refractivity contribution is 6.31. The van der Waals surface area contributed by atoms with Gasteiger partial charge in [-0.2, -0.15) is 13.2 Å². The number of fused-ring (bicyclic) bond motifs is 1. The fraction of sp³-hybridized carbons (Fsp3) is 0.300. The SMILES string of the molecule is O/N=C1/C[C@](O)(C(F)(F)F)Oc2ccc(Cl)cc21. The average Bonchev–Trinajstić information content (AvgIpc) is 2.27. The Morgan fingerprint density at radius 2 is 2.06 bits per heavy atom. The summed E-state index contributed by atoms with van der Waals surface area (Å²) in [6.45, 7) is 0. The molecule has 1 aromatic carbocycles. The Balaban J connectivity index is 2.54. The van der Waals surface area contributed by atoms with E-state index in [1.807, 2.05) is 0 Å². The number of halogens is 4. The number of alkyl halides is 3. The molecule has 18 heavy (non-hydrogen) atoms. The maximum Gasteiger partial charge on any atom is 0.455 e. The van der Waals surface area contributed by atoms with Gasteiger partial charge >= 0.3 is 12.0 Å². The van der Waals surface area contributed by atoms with Gasteiger partial charge in [-0.1, -0.05) is 16.8 Å². The lowest BCUT2D eigenvalue weighted by Gasteiger charge is -2.35. The summed E-state index contributed by atoms with van der Waals surface area (Å²) in [6.07, 6.45) is -6.03. The molecule has 4 nitrogen and oxygen atoms in total. The highest BCUT2D eigenvalue weighted by atomic mass is 35.5. The van der Waals surface area contributed by atoms with Crippen molar-refractivity contribution >= 4 is 17.3 Å². The Bertz CT molecular complexity index is 518. The molecule has 1 aromatic rings. The predicted molar refractivity (Wildman–Crippen MR) is 56.0 cm³/mol. The van der Waals surface area contributed by atoms with Crippen LogP contribution in [0.25, 0.3) is 0 Å². The third-order valence-corrected chi connectivity index (χ3v) is 2.74. The average molecular weight is 282 g/mol. The van der Waals surface area contributed by atoms with Gasteiger partial charge in [-0.05, 0) is 18.2 Å². The molecule has 0 amide bonds. The molecule has 1 aliphatic rings. The van der Waals surface area contributed by atoms with E-state index in [4.69, 9.17) is 16.8 Å². The van der Waals surface area contributed by atoms with Crippen LogP contribution in [-0.2, 0) is 0 Å². The number of ether oxygens (including phenoxy) is 1. The second-order valence-electron chi connectivity index (χ2n) is 3.75. The second kappa shape index (κ2) is 4.03. The zero-order valence-electron chi connectivity index (χ0n) is 8.70. The highest BCUT2D eigenvalue weighted by Crippen LogP contribution is 2.42. The Labute approximate surface area is 104 Å². The summed E-state index contributed by atoms with van der Waals surface area (Å²) in [6, 6.07) is 3.76. The number of hydrogen-bond acceptors (Lipinski definition) is 4. The molecule has 0 fully saturated rings. The zero-order chi connectivity index (χ0) is 13.6. The van der Waals surface area contributed by atoms with Crippen LogP contribution >= 0.6 is 11.6 Å². The first kappa shape index (κ1) is 13.0. The molecular formula is C10H7ClF3NO3. The van der Waals surface area contributed by atoms with Crippen molar-refractivity contribution in [1.29, 1.82) is 0 Å². The Hall–Kier alpha value is -1.47. The van der Waals surface area contributed by atoms with E-state index in [2.05, 4.69) is 9.89 Å². The standard InChI is InChI=1S/C10H7ClF3NO3/c11-5-1-2-8-6(3-5)7(15-17)4-9(16,18-8)10(12,13)14/h1-3,16-17H,4H2/b15-7-/t9-/m1/s1. The van der Waals surface area contributed by atoms with Gasteiger partial charge in [0.2, 0.25) is 0 Å². The van der Waals surface area contributed by atoms with Crippen molar-refractivity contribution in [2.24, 2.45) is 5.16 Å². The molecule has 0 bridgehead atoms. The van der Waals surface area contributed by atoms with Crippen LogP contribution in [0.2, 0.25) is 5.02 Å². The van der Waals surface area contributed by atoms with Crippen molar-refractivity contribution in [3.05, 3.63) is 28.8 Å². The van der Waals surface area contributed by atoms with Gasteiger partial charge in [0.1, 0.15) is 5.75 Å². The summed E-state index contributed by atoms with van der Waals surface area (Å²) in [4.78, 5) is 0. The van der Waals surface area contributed by atoms with Crippen molar-refractivity contribution in [2.75, 3.05) is 0 Å². The van der Waals surface area contributed by atoms with Crippen molar-refractivity contribution in [3.63, 3.8) is 0 Å². The quantitative estimate of drug-likeness (QED) is 0.567.